The number of ether oxygens (including phenoxy) is 2. The van der Waals surface area contributed by atoms with Crippen molar-refractivity contribution in [2.75, 3.05) is 6.61 Å². The summed E-state index contributed by atoms with van der Waals surface area (Å²) >= 11 is 0. The molecule has 1 aliphatic rings. The predicted octanol–water partition coefficient (Wildman–Crippen LogP) is 3.91. The van der Waals surface area contributed by atoms with Gasteiger partial charge in [0.2, 0.25) is 0 Å². The maximum atomic E-state index is 5.74. The van der Waals surface area contributed by atoms with E-state index in [9.17, 15) is 0 Å². The van der Waals surface area contributed by atoms with Gasteiger partial charge in [-0.15, -0.1) is 6.58 Å². The van der Waals surface area contributed by atoms with Crippen LogP contribution in [0.3, 0.4) is 0 Å². The summed E-state index contributed by atoms with van der Waals surface area (Å²) in [5, 5.41) is 0. The lowest BCUT2D eigenvalue weighted by Crippen LogP contribution is -2.31. The number of rotatable bonds is 6. The molecule has 2 nitrogen and oxygen atoms in total. The molecule has 94 valence electrons. The maximum absolute atomic E-state index is 5.74. The third-order valence-electron chi connectivity index (χ3n) is 3.11. The van der Waals surface area contributed by atoms with E-state index in [1.54, 1.807) is 0 Å². The van der Waals surface area contributed by atoms with Crippen molar-refractivity contribution in [1.29, 1.82) is 0 Å². The fourth-order valence-corrected chi connectivity index (χ4v) is 2.05. The second-order valence-electron chi connectivity index (χ2n) is 5.23. The fraction of sp³-hybridized carbons (Fsp3) is 0.857. The molecule has 1 rings (SSSR count). The van der Waals surface area contributed by atoms with Gasteiger partial charge in [-0.05, 0) is 39.0 Å². The van der Waals surface area contributed by atoms with Gasteiger partial charge in [-0.2, -0.15) is 0 Å². The van der Waals surface area contributed by atoms with E-state index < -0.39 is 0 Å². The molecular formula is C14H26O2. The molecule has 16 heavy (non-hydrogen) atoms. The Bertz CT molecular complexity index is 213. The van der Waals surface area contributed by atoms with E-state index in [2.05, 4.69) is 27.4 Å². The van der Waals surface area contributed by atoms with E-state index in [-0.39, 0.29) is 6.29 Å². The van der Waals surface area contributed by atoms with Crippen molar-refractivity contribution in [2.45, 2.75) is 65.3 Å². The van der Waals surface area contributed by atoms with Crippen LogP contribution in [0.4, 0.5) is 0 Å². The van der Waals surface area contributed by atoms with Crippen LogP contribution in [0.25, 0.3) is 0 Å². The Kier molecular flexibility index (Phi) is 6.07. The summed E-state index contributed by atoms with van der Waals surface area (Å²) in [6.07, 6.45) is 6.07. The molecule has 0 aromatic rings. The minimum Gasteiger partial charge on any atom is -0.353 e. The predicted molar refractivity (Wildman–Crippen MR) is 67.4 cm³/mol. The lowest BCUT2D eigenvalue weighted by Gasteiger charge is -2.29. The summed E-state index contributed by atoms with van der Waals surface area (Å²) in [5.74, 6) is 0.676. The minimum atomic E-state index is 0.0311. The third kappa shape index (κ3) is 5.66. The van der Waals surface area contributed by atoms with Crippen LogP contribution in [0.5, 0.6) is 0 Å². The van der Waals surface area contributed by atoms with Crippen molar-refractivity contribution in [1.82, 2.24) is 0 Å². The summed E-state index contributed by atoms with van der Waals surface area (Å²) in [4.78, 5) is 0. The molecule has 0 radical (unpaired) electrons. The Morgan fingerprint density at radius 1 is 1.50 bits per heavy atom. The van der Waals surface area contributed by atoms with Crippen molar-refractivity contribution in [3.05, 3.63) is 12.2 Å². The van der Waals surface area contributed by atoms with Crippen LogP contribution in [0.15, 0.2) is 12.2 Å². The van der Waals surface area contributed by atoms with Crippen LogP contribution in [0, 0.1) is 5.92 Å². The Morgan fingerprint density at radius 3 is 2.88 bits per heavy atom. The van der Waals surface area contributed by atoms with E-state index in [4.69, 9.17) is 9.47 Å². The Balaban J connectivity index is 2.12. The van der Waals surface area contributed by atoms with Crippen LogP contribution in [0.1, 0.15) is 52.9 Å². The molecule has 0 saturated carbocycles. The number of hydrogen-bond donors (Lipinski definition) is 0. The monoisotopic (exact) mass is 226 g/mol. The van der Waals surface area contributed by atoms with Gasteiger partial charge >= 0.3 is 0 Å². The van der Waals surface area contributed by atoms with Gasteiger partial charge in [0.05, 0.1) is 12.7 Å². The van der Waals surface area contributed by atoms with Crippen LogP contribution in [-0.4, -0.2) is 19.0 Å². The first-order chi connectivity index (χ1) is 7.58. The van der Waals surface area contributed by atoms with Crippen molar-refractivity contribution in [3.8, 4) is 0 Å². The fourth-order valence-electron chi connectivity index (χ4n) is 2.05. The van der Waals surface area contributed by atoms with Crippen molar-refractivity contribution in [3.63, 3.8) is 0 Å². The molecule has 0 aromatic heterocycles. The smallest absolute Gasteiger partial charge is 0.158 e. The number of hydrogen-bond acceptors (Lipinski definition) is 2. The highest BCUT2D eigenvalue weighted by Crippen LogP contribution is 2.22. The molecule has 1 fully saturated rings. The molecule has 2 heteroatoms. The van der Waals surface area contributed by atoms with Crippen LogP contribution in [-0.2, 0) is 9.47 Å². The van der Waals surface area contributed by atoms with Gasteiger partial charge < -0.3 is 9.47 Å². The first-order valence-electron chi connectivity index (χ1n) is 6.49. The zero-order valence-electron chi connectivity index (χ0n) is 11.0. The molecule has 0 aliphatic carbocycles. The molecule has 1 heterocycles. The average molecular weight is 226 g/mol. The quantitative estimate of drug-likeness (QED) is 0.639. The first-order valence-corrected chi connectivity index (χ1v) is 6.49. The SMILES string of the molecule is C=C(C)CCCC(C)CC1OCCC(C)O1. The van der Waals surface area contributed by atoms with Crippen molar-refractivity contribution < 1.29 is 9.47 Å². The summed E-state index contributed by atoms with van der Waals surface area (Å²) < 4.78 is 11.4. The van der Waals surface area contributed by atoms with Crippen molar-refractivity contribution >= 4 is 0 Å². The minimum absolute atomic E-state index is 0.0311. The Morgan fingerprint density at radius 2 is 2.25 bits per heavy atom. The molecule has 0 aromatic carbocycles. The highest BCUT2D eigenvalue weighted by molar-refractivity contribution is 4.87. The normalized spacial score (nSPS) is 27.7. The highest BCUT2D eigenvalue weighted by Gasteiger charge is 2.21. The van der Waals surface area contributed by atoms with Gasteiger partial charge in [0, 0.05) is 6.42 Å². The largest absolute Gasteiger partial charge is 0.353 e. The lowest BCUT2D eigenvalue weighted by molar-refractivity contribution is -0.214. The van der Waals surface area contributed by atoms with E-state index in [0.717, 1.165) is 25.9 Å². The molecular weight excluding hydrogens is 200 g/mol. The molecule has 3 unspecified atom stereocenters. The van der Waals surface area contributed by atoms with E-state index in [1.807, 2.05) is 0 Å². The molecule has 0 N–H and O–H groups in total. The van der Waals surface area contributed by atoms with Crippen molar-refractivity contribution in [2.24, 2.45) is 5.92 Å². The first kappa shape index (κ1) is 13.7. The third-order valence-corrected chi connectivity index (χ3v) is 3.11. The maximum Gasteiger partial charge on any atom is 0.158 e. The van der Waals surface area contributed by atoms with E-state index >= 15 is 0 Å². The van der Waals surface area contributed by atoms with Crippen LogP contribution in [0.2, 0.25) is 0 Å². The second-order valence-corrected chi connectivity index (χ2v) is 5.23. The van der Waals surface area contributed by atoms with E-state index in [0.29, 0.717) is 12.0 Å². The number of allylic oxidation sites excluding steroid dienone is 1. The molecule has 1 saturated heterocycles. The van der Waals surface area contributed by atoms with Gasteiger partial charge in [-0.3, -0.25) is 0 Å². The topological polar surface area (TPSA) is 18.5 Å². The second kappa shape index (κ2) is 7.08. The summed E-state index contributed by atoms with van der Waals surface area (Å²) in [6.45, 7) is 11.3. The molecule has 3 atom stereocenters. The molecule has 1 aliphatic heterocycles. The summed E-state index contributed by atoms with van der Waals surface area (Å²) in [5.41, 5.74) is 1.28. The van der Waals surface area contributed by atoms with Gasteiger partial charge in [0.25, 0.3) is 0 Å². The average Bonchev–Trinajstić information content (AvgIpc) is 2.16. The molecule has 0 spiro atoms. The summed E-state index contributed by atoms with van der Waals surface area (Å²) in [7, 11) is 0. The van der Waals surface area contributed by atoms with Gasteiger partial charge in [-0.25, -0.2) is 0 Å². The Labute approximate surface area is 100 Å². The lowest BCUT2D eigenvalue weighted by atomic mass is 9.98. The Hall–Kier alpha value is -0.340. The van der Waals surface area contributed by atoms with Gasteiger partial charge in [-0.1, -0.05) is 18.9 Å². The standard InChI is InChI=1S/C14H26O2/c1-11(2)6-5-7-12(3)10-14-15-9-8-13(4)16-14/h12-14H,1,5-10H2,2-4H3. The van der Waals surface area contributed by atoms with Gasteiger partial charge in [0.15, 0.2) is 6.29 Å². The molecule has 0 amide bonds. The van der Waals surface area contributed by atoms with Gasteiger partial charge in [0.1, 0.15) is 0 Å². The molecule has 0 bridgehead atoms. The summed E-state index contributed by atoms with van der Waals surface area (Å²) in [6, 6.07) is 0. The van der Waals surface area contributed by atoms with Crippen LogP contribution >= 0.6 is 0 Å². The van der Waals surface area contributed by atoms with E-state index in [1.165, 1.54) is 18.4 Å². The van der Waals surface area contributed by atoms with Crippen LogP contribution < -0.4 is 0 Å². The zero-order valence-corrected chi connectivity index (χ0v) is 11.0. The highest BCUT2D eigenvalue weighted by atomic mass is 16.7. The zero-order chi connectivity index (χ0) is 12.0.